The molecule has 0 radical (unpaired) electrons. The van der Waals surface area contributed by atoms with Crippen molar-refractivity contribution in [2.45, 2.75) is 19.8 Å². The number of anilines is 1. The third-order valence-electron chi connectivity index (χ3n) is 3.76. The maximum absolute atomic E-state index is 9.11. The van der Waals surface area contributed by atoms with Gasteiger partial charge in [-0.1, -0.05) is 13.8 Å². The molecule has 0 amide bonds. The zero-order valence-corrected chi connectivity index (χ0v) is 13.6. The van der Waals surface area contributed by atoms with E-state index < -0.39 is 0 Å². The Morgan fingerprint density at radius 2 is 2.00 bits per heavy atom. The molecule has 6 nitrogen and oxygen atoms in total. The van der Waals surface area contributed by atoms with Crippen LogP contribution in [-0.2, 0) is 0 Å². The zero-order chi connectivity index (χ0) is 16.6. The Morgan fingerprint density at radius 3 is 2.65 bits per heavy atom. The minimum Gasteiger partial charge on any atom is -0.362 e. The van der Waals surface area contributed by atoms with E-state index in [9.17, 15) is 0 Å². The number of fused-ring (bicyclic) bond motifs is 1. The van der Waals surface area contributed by atoms with Crippen molar-refractivity contribution in [1.29, 1.82) is 5.26 Å². The van der Waals surface area contributed by atoms with Crippen LogP contribution in [0.4, 0.5) is 5.82 Å². The molecule has 3 aromatic heterocycles. The normalized spacial score (nSPS) is 11.0. The molecule has 0 bridgehead atoms. The van der Waals surface area contributed by atoms with E-state index >= 15 is 0 Å². The molecule has 3 rings (SSSR count). The second-order valence-corrected chi connectivity index (χ2v) is 5.91. The van der Waals surface area contributed by atoms with Gasteiger partial charge in [0.25, 0.3) is 0 Å². The SMILES string of the molecule is CC(C)c1cn(-c2cc(C#N)ccn2)c2ncnc(N(C)C)c12. The molecular weight excluding hydrogens is 288 g/mol. The lowest BCUT2D eigenvalue weighted by molar-refractivity contribution is 0.866. The molecule has 0 N–H and O–H groups in total. The first-order valence-electron chi connectivity index (χ1n) is 7.42. The van der Waals surface area contributed by atoms with E-state index in [-0.39, 0.29) is 0 Å². The highest BCUT2D eigenvalue weighted by Crippen LogP contribution is 2.33. The molecule has 0 aliphatic carbocycles. The Kier molecular flexibility index (Phi) is 3.70. The number of hydrogen-bond donors (Lipinski definition) is 0. The molecule has 0 atom stereocenters. The Morgan fingerprint density at radius 1 is 1.22 bits per heavy atom. The van der Waals surface area contributed by atoms with Crippen LogP contribution in [0.5, 0.6) is 0 Å². The summed E-state index contributed by atoms with van der Waals surface area (Å²) in [6.07, 6.45) is 5.25. The van der Waals surface area contributed by atoms with Gasteiger partial charge in [-0.05, 0) is 23.6 Å². The number of nitrogens with zero attached hydrogens (tertiary/aromatic N) is 6. The molecule has 0 aromatic carbocycles. The highest BCUT2D eigenvalue weighted by atomic mass is 15.2. The van der Waals surface area contributed by atoms with Gasteiger partial charge < -0.3 is 4.90 Å². The third-order valence-corrected chi connectivity index (χ3v) is 3.76. The van der Waals surface area contributed by atoms with Gasteiger partial charge in [0.1, 0.15) is 18.0 Å². The summed E-state index contributed by atoms with van der Waals surface area (Å²) in [7, 11) is 3.94. The van der Waals surface area contributed by atoms with Crippen molar-refractivity contribution in [3.8, 4) is 11.9 Å². The van der Waals surface area contributed by atoms with Gasteiger partial charge in [-0.2, -0.15) is 5.26 Å². The summed E-state index contributed by atoms with van der Waals surface area (Å²) in [5, 5.41) is 10.1. The molecule has 0 fully saturated rings. The summed E-state index contributed by atoms with van der Waals surface area (Å²) in [6, 6.07) is 5.61. The second kappa shape index (κ2) is 5.69. The van der Waals surface area contributed by atoms with Crippen LogP contribution in [-0.4, -0.2) is 33.6 Å². The molecule has 23 heavy (non-hydrogen) atoms. The molecule has 0 unspecified atom stereocenters. The molecule has 0 saturated heterocycles. The fourth-order valence-corrected chi connectivity index (χ4v) is 2.64. The third kappa shape index (κ3) is 2.50. The van der Waals surface area contributed by atoms with E-state index in [2.05, 4.69) is 34.9 Å². The fourth-order valence-electron chi connectivity index (χ4n) is 2.64. The summed E-state index contributed by atoms with van der Waals surface area (Å²) in [5.74, 6) is 1.89. The lowest BCUT2D eigenvalue weighted by Gasteiger charge is -2.14. The average Bonchev–Trinajstić information content (AvgIpc) is 2.94. The molecule has 0 spiro atoms. The van der Waals surface area contributed by atoms with Crippen molar-refractivity contribution in [1.82, 2.24) is 19.5 Å². The van der Waals surface area contributed by atoms with Crippen LogP contribution < -0.4 is 4.90 Å². The van der Waals surface area contributed by atoms with E-state index in [1.54, 1.807) is 24.7 Å². The molecule has 0 aliphatic rings. The van der Waals surface area contributed by atoms with E-state index in [1.165, 1.54) is 0 Å². The van der Waals surface area contributed by atoms with Crippen molar-refractivity contribution in [2.24, 2.45) is 0 Å². The van der Waals surface area contributed by atoms with E-state index in [0.717, 1.165) is 22.4 Å². The van der Waals surface area contributed by atoms with Crippen LogP contribution in [0, 0.1) is 11.3 Å². The Hall–Kier alpha value is -2.94. The summed E-state index contributed by atoms with van der Waals surface area (Å²) in [6.45, 7) is 4.29. The maximum Gasteiger partial charge on any atom is 0.151 e. The summed E-state index contributed by atoms with van der Waals surface area (Å²) < 4.78 is 1.93. The lowest BCUT2D eigenvalue weighted by atomic mass is 10.0. The predicted molar refractivity (Wildman–Crippen MR) is 89.8 cm³/mol. The maximum atomic E-state index is 9.11. The van der Waals surface area contributed by atoms with Gasteiger partial charge in [0.05, 0.1) is 17.0 Å². The molecule has 6 heteroatoms. The van der Waals surface area contributed by atoms with Gasteiger partial charge in [0, 0.05) is 26.5 Å². The summed E-state index contributed by atoms with van der Waals surface area (Å²) in [5.41, 5.74) is 2.54. The minimum absolute atomic E-state index is 0.322. The standard InChI is InChI=1S/C17H18N6/c1-11(2)13-9-23(14-7-12(8-18)5-6-19-14)17-15(13)16(22(3)4)20-10-21-17/h5-7,9-11H,1-4H3. The molecular formula is C17H18N6. The van der Waals surface area contributed by atoms with Crippen LogP contribution in [0.3, 0.4) is 0 Å². The van der Waals surface area contributed by atoms with E-state index in [4.69, 9.17) is 5.26 Å². The number of rotatable bonds is 3. The van der Waals surface area contributed by atoms with E-state index in [1.807, 2.05) is 29.8 Å². The minimum atomic E-state index is 0.322. The number of nitriles is 1. The highest BCUT2D eigenvalue weighted by Gasteiger charge is 2.19. The molecule has 0 aliphatic heterocycles. The molecule has 3 heterocycles. The molecule has 0 saturated carbocycles. The number of pyridine rings is 1. The quantitative estimate of drug-likeness (QED) is 0.744. The first-order valence-corrected chi connectivity index (χ1v) is 7.42. The van der Waals surface area contributed by atoms with Gasteiger partial charge >= 0.3 is 0 Å². The van der Waals surface area contributed by atoms with Crippen molar-refractivity contribution in [3.63, 3.8) is 0 Å². The van der Waals surface area contributed by atoms with Gasteiger partial charge in [-0.25, -0.2) is 15.0 Å². The smallest absolute Gasteiger partial charge is 0.151 e. The monoisotopic (exact) mass is 306 g/mol. The van der Waals surface area contributed by atoms with Crippen LogP contribution >= 0.6 is 0 Å². The van der Waals surface area contributed by atoms with Gasteiger partial charge in [0.2, 0.25) is 0 Å². The zero-order valence-electron chi connectivity index (χ0n) is 13.6. The largest absolute Gasteiger partial charge is 0.362 e. The average molecular weight is 306 g/mol. The Labute approximate surface area is 135 Å². The predicted octanol–water partition coefficient (Wildman–Crippen LogP) is 2.88. The van der Waals surface area contributed by atoms with Crippen molar-refractivity contribution in [3.05, 3.63) is 42.0 Å². The second-order valence-electron chi connectivity index (χ2n) is 5.91. The Bertz CT molecular complexity index is 901. The van der Waals surface area contributed by atoms with Crippen LogP contribution in [0.15, 0.2) is 30.9 Å². The van der Waals surface area contributed by atoms with Crippen molar-refractivity contribution < 1.29 is 0 Å². The molecule has 3 aromatic rings. The van der Waals surface area contributed by atoms with Crippen molar-refractivity contribution >= 4 is 16.9 Å². The summed E-state index contributed by atoms with van der Waals surface area (Å²) in [4.78, 5) is 15.3. The molecule has 116 valence electrons. The van der Waals surface area contributed by atoms with E-state index in [0.29, 0.717) is 17.3 Å². The Balaban J connectivity index is 2.35. The topological polar surface area (TPSA) is 70.6 Å². The number of aromatic nitrogens is 4. The lowest BCUT2D eigenvalue weighted by Crippen LogP contribution is -2.12. The van der Waals surface area contributed by atoms with Crippen molar-refractivity contribution in [2.75, 3.05) is 19.0 Å². The van der Waals surface area contributed by atoms with Crippen LogP contribution in [0.1, 0.15) is 30.9 Å². The van der Waals surface area contributed by atoms with Gasteiger partial charge in [-0.15, -0.1) is 0 Å². The highest BCUT2D eigenvalue weighted by molar-refractivity contribution is 5.92. The first kappa shape index (κ1) is 15.0. The van der Waals surface area contributed by atoms with Gasteiger partial charge in [0.15, 0.2) is 5.65 Å². The van der Waals surface area contributed by atoms with Crippen LogP contribution in [0.25, 0.3) is 16.9 Å². The first-order chi connectivity index (χ1) is 11.0. The van der Waals surface area contributed by atoms with Crippen LogP contribution in [0.2, 0.25) is 0 Å². The van der Waals surface area contributed by atoms with Gasteiger partial charge in [-0.3, -0.25) is 4.57 Å². The summed E-state index contributed by atoms with van der Waals surface area (Å²) >= 11 is 0. The number of hydrogen-bond acceptors (Lipinski definition) is 5. The fraction of sp³-hybridized carbons (Fsp3) is 0.294.